The molecule has 1 saturated carbocycles. The number of likely N-dealkylation sites (tertiary alicyclic amines) is 1. The number of hydrogen-bond acceptors (Lipinski definition) is 6. The number of ether oxygens (including phenoxy) is 1. The highest BCUT2D eigenvalue weighted by molar-refractivity contribution is 5.95. The Bertz CT molecular complexity index is 1370. The van der Waals surface area contributed by atoms with Crippen LogP contribution >= 0.6 is 0 Å². The highest BCUT2D eigenvalue weighted by Gasteiger charge is 2.35. The Balaban J connectivity index is 1.48. The third-order valence-electron chi connectivity index (χ3n) is 8.33. The molecule has 41 heavy (non-hydrogen) atoms. The SMILES string of the molecule is Cc1nocc1C(=O)NC(c1nc2c(F)c(C3CCCCN3C(=O)OC(C)(C)C)ccc2[nH]1)C1CCCCCCC1. The van der Waals surface area contributed by atoms with Crippen LogP contribution in [0, 0.1) is 18.7 Å². The normalized spacial score (nSPS) is 19.9. The van der Waals surface area contributed by atoms with Gasteiger partial charge < -0.3 is 24.5 Å². The molecular formula is C31H42FN5O4. The fourth-order valence-electron chi connectivity index (χ4n) is 6.24. The number of imidazole rings is 1. The minimum absolute atomic E-state index is 0.156. The second kappa shape index (κ2) is 12.2. The number of aryl methyl sites for hydroxylation is 1. The number of benzene rings is 1. The van der Waals surface area contributed by atoms with E-state index in [0.29, 0.717) is 41.1 Å². The molecule has 10 heteroatoms. The molecule has 9 nitrogen and oxygen atoms in total. The first kappa shape index (κ1) is 29.1. The smallest absolute Gasteiger partial charge is 0.410 e. The summed E-state index contributed by atoms with van der Waals surface area (Å²) < 4.78 is 26.9. The molecule has 3 heterocycles. The number of piperidine rings is 1. The number of carbonyl (C=O) groups is 2. The maximum atomic E-state index is 16.2. The molecule has 1 saturated heterocycles. The Labute approximate surface area is 240 Å². The first-order chi connectivity index (χ1) is 19.6. The maximum Gasteiger partial charge on any atom is 0.410 e. The Hall–Kier alpha value is -3.43. The van der Waals surface area contributed by atoms with Gasteiger partial charge >= 0.3 is 6.09 Å². The number of nitrogens with zero attached hydrogens (tertiary/aromatic N) is 3. The van der Waals surface area contributed by atoms with Gasteiger partial charge in [-0.05, 0) is 71.8 Å². The number of nitrogens with one attached hydrogen (secondary N) is 2. The van der Waals surface area contributed by atoms with E-state index >= 15 is 4.39 Å². The second-order valence-corrected chi connectivity index (χ2v) is 12.5. The van der Waals surface area contributed by atoms with Gasteiger partial charge in [0.25, 0.3) is 5.91 Å². The van der Waals surface area contributed by atoms with E-state index in [9.17, 15) is 9.59 Å². The van der Waals surface area contributed by atoms with Crippen LogP contribution in [-0.2, 0) is 4.74 Å². The highest BCUT2D eigenvalue weighted by Crippen LogP contribution is 2.37. The van der Waals surface area contributed by atoms with Crippen molar-refractivity contribution in [2.45, 2.75) is 110 Å². The first-order valence-electron chi connectivity index (χ1n) is 15.0. The maximum absolute atomic E-state index is 16.2. The number of fused-ring (bicyclic) bond motifs is 1. The minimum atomic E-state index is -0.639. The van der Waals surface area contributed by atoms with Gasteiger partial charge in [0, 0.05) is 12.1 Å². The fraction of sp³-hybridized carbons (Fsp3) is 0.613. The van der Waals surface area contributed by atoms with Crippen molar-refractivity contribution in [3.8, 4) is 0 Å². The van der Waals surface area contributed by atoms with Crippen LogP contribution in [0.5, 0.6) is 0 Å². The van der Waals surface area contributed by atoms with Gasteiger partial charge in [-0.1, -0.05) is 43.3 Å². The minimum Gasteiger partial charge on any atom is -0.444 e. The summed E-state index contributed by atoms with van der Waals surface area (Å²) in [5.74, 6) is -0.0315. The van der Waals surface area contributed by atoms with Gasteiger partial charge in [0.2, 0.25) is 0 Å². The summed E-state index contributed by atoms with van der Waals surface area (Å²) >= 11 is 0. The predicted molar refractivity (Wildman–Crippen MR) is 153 cm³/mol. The first-order valence-corrected chi connectivity index (χ1v) is 15.0. The highest BCUT2D eigenvalue weighted by atomic mass is 19.1. The van der Waals surface area contributed by atoms with Crippen molar-refractivity contribution < 1.29 is 23.2 Å². The van der Waals surface area contributed by atoms with Gasteiger partial charge in [-0.15, -0.1) is 0 Å². The zero-order valence-electron chi connectivity index (χ0n) is 24.6. The predicted octanol–water partition coefficient (Wildman–Crippen LogP) is 7.29. The summed E-state index contributed by atoms with van der Waals surface area (Å²) in [4.78, 5) is 36.0. The van der Waals surface area contributed by atoms with Crippen LogP contribution in [0.3, 0.4) is 0 Å². The van der Waals surface area contributed by atoms with E-state index in [1.807, 2.05) is 26.8 Å². The van der Waals surface area contributed by atoms with Gasteiger partial charge in [0.15, 0.2) is 5.82 Å². The molecule has 2 aliphatic rings. The van der Waals surface area contributed by atoms with Gasteiger partial charge in [0.1, 0.15) is 28.8 Å². The van der Waals surface area contributed by atoms with Crippen LogP contribution in [0.15, 0.2) is 22.9 Å². The number of aromatic amines is 1. The van der Waals surface area contributed by atoms with E-state index in [0.717, 1.165) is 51.4 Å². The van der Waals surface area contributed by atoms with Crippen LogP contribution < -0.4 is 5.32 Å². The Morgan fingerprint density at radius 3 is 2.49 bits per heavy atom. The van der Waals surface area contributed by atoms with Gasteiger partial charge in [-0.2, -0.15) is 0 Å². The summed E-state index contributed by atoms with van der Waals surface area (Å²) in [6.07, 6.45) is 10.9. The lowest BCUT2D eigenvalue weighted by Gasteiger charge is -2.37. The number of hydrogen-bond donors (Lipinski definition) is 2. The number of rotatable bonds is 5. The number of carbonyl (C=O) groups excluding carboxylic acids is 2. The molecule has 222 valence electrons. The average Bonchev–Trinajstić information content (AvgIpc) is 3.53. The molecule has 2 unspecified atom stereocenters. The van der Waals surface area contributed by atoms with Crippen molar-refractivity contribution in [3.63, 3.8) is 0 Å². The molecule has 5 rings (SSSR count). The number of aromatic nitrogens is 3. The van der Waals surface area contributed by atoms with Gasteiger partial charge in [-0.3, -0.25) is 4.79 Å². The summed E-state index contributed by atoms with van der Waals surface area (Å²) in [6, 6.07) is 2.73. The van der Waals surface area contributed by atoms with Gasteiger partial charge in [0.05, 0.1) is 23.3 Å². The molecule has 0 radical (unpaired) electrons. The Kier molecular flexibility index (Phi) is 8.66. The summed E-state index contributed by atoms with van der Waals surface area (Å²) in [5, 5.41) is 7.02. The van der Waals surface area contributed by atoms with Crippen LogP contribution in [0.2, 0.25) is 0 Å². The molecule has 2 N–H and O–H groups in total. The summed E-state index contributed by atoms with van der Waals surface area (Å²) in [7, 11) is 0. The topological polar surface area (TPSA) is 113 Å². The Morgan fingerprint density at radius 1 is 1.10 bits per heavy atom. The van der Waals surface area contributed by atoms with Crippen molar-refractivity contribution in [3.05, 3.63) is 46.9 Å². The number of H-pyrrole nitrogens is 1. The van der Waals surface area contributed by atoms with Crippen molar-refractivity contribution >= 4 is 23.0 Å². The van der Waals surface area contributed by atoms with Crippen molar-refractivity contribution in [1.29, 1.82) is 0 Å². The van der Waals surface area contributed by atoms with Gasteiger partial charge in [-0.25, -0.2) is 14.2 Å². The Morgan fingerprint density at radius 2 is 1.80 bits per heavy atom. The average molecular weight is 568 g/mol. The quantitative estimate of drug-likeness (QED) is 0.335. The summed E-state index contributed by atoms with van der Waals surface area (Å²) in [6.45, 7) is 7.74. The lowest BCUT2D eigenvalue weighted by molar-refractivity contribution is 0.00916. The summed E-state index contributed by atoms with van der Waals surface area (Å²) in [5.41, 5.74) is 1.48. The third kappa shape index (κ3) is 6.57. The molecule has 1 aromatic carbocycles. The molecule has 0 bridgehead atoms. The van der Waals surface area contributed by atoms with Crippen molar-refractivity contribution in [2.24, 2.45) is 5.92 Å². The van der Waals surface area contributed by atoms with Crippen LogP contribution in [-0.4, -0.2) is 44.2 Å². The zero-order chi connectivity index (χ0) is 29.1. The lowest BCUT2D eigenvalue weighted by atomic mass is 9.85. The standard InChI is InChI=1S/C31H42FN5O4/c1-19-22(18-40-36-19)29(38)35-26(20-12-8-6-5-7-9-13-20)28-33-23-16-15-21(25(32)27(23)34-28)24-14-10-11-17-37(24)30(39)41-31(2,3)4/h15-16,18,20,24,26H,5-14,17H2,1-4H3,(H,33,34)(H,35,38). The molecule has 2 aromatic heterocycles. The fourth-order valence-corrected chi connectivity index (χ4v) is 6.24. The number of halogens is 1. The van der Waals surface area contributed by atoms with Crippen molar-refractivity contribution in [2.75, 3.05) is 6.54 Å². The molecule has 1 aliphatic carbocycles. The molecular weight excluding hydrogens is 525 g/mol. The molecule has 1 aliphatic heterocycles. The molecule has 3 aromatic rings. The molecule has 2 fully saturated rings. The van der Waals surface area contributed by atoms with E-state index in [1.165, 1.54) is 12.7 Å². The molecule has 0 spiro atoms. The van der Waals surface area contributed by atoms with E-state index < -0.39 is 29.6 Å². The largest absolute Gasteiger partial charge is 0.444 e. The molecule has 2 atom stereocenters. The zero-order valence-corrected chi connectivity index (χ0v) is 24.6. The van der Waals surface area contributed by atoms with Crippen LogP contribution in [0.4, 0.5) is 9.18 Å². The second-order valence-electron chi connectivity index (χ2n) is 12.5. The molecule has 2 amide bonds. The van der Waals surface area contributed by atoms with E-state index in [4.69, 9.17) is 14.2 Å². The lowest BCUT2D eigenvalue weighted by Crippen LogP contribution is -2.42. The van der Waals surface area contributed by atoms with Crippen molar-refractivity contribution in [1.82, 2.24) is 25.3 Å². The third-order valence-corrected chi connectivity index (χ3v) is 8.33. The van der Waals surface area contributed by atoms with E-state index in [-0.39, 0.29) is 17.3 Å². The monoisotopic (exact) mass is 567 g/mol. The van der Waals surface area contributed by atoms with Crippen LogP contribution in [0.1, 0.15) is 125 Å². The van der Waals surface area contributed by atoms with E-state index in [2.05, 4.69) is 15.5 Å². The van der Waals surface area contributed by atoms with Crippen LogP contribution in [0.25, 0.3) is 11.0 Å². The van der Waals surface area contributed by atoms with E-state index in [1.54, 1.807) is 17.9 Å². The number of amides is 2.